The monoisotopic (exact) mass is 251 g/mol. The molecule has 1 atom stereocenters. The van der Waals surface area contributed by atoms with Crippen LogP contribution in [0.5, 0.6) is 0 Å². The lowest BCUT2D eigenvalue weighted by molar-refractivity contribution is -0.127. The molecule has 2 amide bonds. The van der Waals surface area contributed by atoms with Crippen LogP contribution in [0, 0.1) is 5.82 Å². The maximum atomic E-state index is 13.0. The minimum atomic E-state index is -0.559. The van der Waals surface area contributed by atoms with Crippen LogP contribution in [0.1, 0.15) is 17.3 Å². The van der Waals surface area contributed by atoms with Crippen molar-refractivity contribution in [3.8, 4) is 0 Å². The summed E-state index contributed by atoms with van der Waals surface area (Å²) in [7, 11) is 0. The van der Waals surface area contributed by atoms with E-state index in [9.17, 15) is 14.0 Å². The Morgan fingerprint density at radius 2 is 2.28 bits per heavy atom. The quantitative estimate of drug-likeness (QED) is 0.708. The number of nitrogens with two attached hydrogens (primary N) is 1. The Kier molecular flexibility index (Phi) is 3.18. The minimum Gasteiger partial charge on any atom is -0.396 e. The van der Waals surface area contributed by atoms with Crippen molar-refractivity contribution in [1.82, 2.24) is 10.2 Å². The number of benzene rings is 1. The molecule has 1 unspecified atom stereocenters. The third kappa shape index (κ3) is 2.13. The molecule has 18 heavy (non-hydrogen) atoms. The highest BCUT2D eigenvalue weighted by atomic mass is 19.1. The van der Waals surface area contributed by atoms with Gasteiger partial charge in [-0.25, -0.2) is 4.39 Å². The number of carbonyl (C=O) groups excluding carboxylic acids is 2. The zero-order valence-corrected chi connectivity index (χ0v) is 9.94. The lowest BCUT2D eigenvalue weighted by Crippen LogP contribution is -2.55. The Morgan fingerprint density at radius 1 is 1.56 bits per heavy atom. The van der Waals surface area contributed by atoms with Crippen LogP contribution in [0.3, 0.4) is 0 Å². The molecular weight excluding hydrogens is 237 g/mol. The van der Waals surface area contributed by atoms with Gasteiger partial charge in [0.25, 0.3) is 5.91 Å². The highest BCUT2D eigenvalue weighted by Crippen LogP contribution is 2.16. The number of halogens is 1. The number of rotatable bonds is 1. The third-order valence-corrected chi connectivity index (χ3v) is 3.00. The zero-order valence-electron chi connectivity index (χ0n) is 9.94. The molecule has 2 rings (SSSR count). The predicted octanol–water partition coefficient (Wildman–Crippen LogP) is 0.368. The van der Waals surface area contributed by atoms with E-state index >= 15 is 0 Å². The summed E-state index contributed by atoms with van der Waals surface area (Å²) in [5.41, 5.74) is 5.64. The van der Waals surface area contributed by atoms with Gasteiger partial charge in [-0.15, -0.1) is 0 Å². The van der Waals surface area contributed by atoms with Gasteiger partial charge in [-0.3, -0.25) is 9.59 Å². The second-order valence-electron chi connectivity index (χ2n) is 4.20. The van der Waals surface area contributed by atoms with Gasteiger partial charge in [0, 0.05) is 18.7 Å². The molecule has 1 aromatic carbocycles. The Morgan fingerprint density at radius 3 is 2.94 bits per heavy atom. The highest BCUT2D eigenvalue weighted by Gasteiger charge is 2.29. The number of nitrogens with zero attached hydrogens (tertiary/aromatic N) is 1. The summed E-state index contributed by atoms with van der Waals surface area (Å²) in [6.45, 7) is 2.51. The largest absolute Gasteiger partial charge is 0.396 e. The van der Waals surface area contributed by atoms with Crippen LogP contribution in [0.2, 0.25) is 0 Å². The average Bonchev–Trinajstić information content (AvgIpc) is 2.35. The van der Waals surface area contributed by atoms with E-state index in [2.05, 4.69) is 5.32 Å². The van der Waals surface area contributed by atoms with Gasteiger partial charge in [0.2, 0.25) is 5.91 Å². The van der Waals surface area contributed by atoms with Gasteiger partial charge >= 0.3 is 0 Å². The first-order chi connectivity index (χ1) is 8.50. The molecule has 1 aliphatic heterocycles. The molecule has 0 radical (unpaired) electrons. The lowest BCUT2D eigenvalue weighted by Gasteiger charge is -2.32. The Bertz CT molecular complexity index is 504. The van der Waals surface area contributed by atoms with Crippen LogP contribution in [0.4, 0.5) is 10.1 Å². The van der Waals surface area contributed by atoms with E-state index in [1.54, 1.807) is 6.92 Å². The number of piperazine rings is 1. The van der Waals surface area contributed by atoms with Gasteiger partial charge in [-0.2, -0.15) is 0 Å². The summed E-state index contributed by atoms with van der Waals surface area (Å²) < 4.78 is 13.0. The number of nitrogen functional groups attached to an aromatic ring is 1. The van der Waals surface area contributed by atoms with Crippen LogP contribution < -0.4 is 11.1 Å². The molecule has 0 aromatic heterocycles. The number of nitrogens with one attached hydrogen (secondary N) is 1. The third-order valence-electron chi connectivity index (χ3n) is 3.00. The van der Waals surface area contributed by atoms with E-state index in [4.69, 9.17) is 5.73 Å². The van der Waals surface area contributed by atoms with Gasteiger partial charge < -0.3 is 16.0 Å². The molecule has 1 fully saturated rings. The van der Waals surface area contributed by atoms with Crippen LogP contribution in [0.25, 0.3) is 0 Å². The molecule has 6 heteroatoms. The second kappa shape index (κ2) is 4.64. The maximum absolute atomic E-state index is 13.0. The van der Waals surface area contributed by atoms with Crippen LogP contribution in [-0.4, -0.2) is 35.8 Å². The standard InChI is InChI=1S/C12H14FN3O2/c1-7-11(17)15-4-5-16(7)12(18)8-2-3-9(13)10(14)6-8/h2-3,6-7H,4-5,14H2,1H3,(H,15,17). The van der Waals surface area contributed by atoms with Gasteiger partial charge in [0.15, 0.2) is 0 Å². The van der Waals surface area contributed by atoms with Crippen molar-refractivity contribution >= 4 is 17.5 Å². The zero-order chi connectivity index (χ0) is 13.3. The summed E-state index contributed by atoms with van der Waals surface area (Å²) >= 11 is 0. The molecule has 5 nitrogen and oxygen atoms in total. The summed E-state index contributed by atoms with van der Waals surface area (Å²) in [5, 5.41) is 2.67. The smallest absolute Gasteiger partial charge is 0.254 e. The normalized spacial score (nSPS) is 19.6. The Balaban J connectivity index is 2.25. The van der Waals surface area contributed by atoms with Crippen LogP contribution in [-0.2, 0) is 4.79 Å². The number of anilines is 1. The van der Waals surface area contributed by atoms with Gasteiger partial charge in [-0.1, -0.05) is 0 Å². The summed E-state index contributed by atoms with van der Waals surface area (Å²) in [6, 6.07) is 3.28. The molecule has 0 aliphatic carbocycles. The van der Waals surface area contributed by atoms with Gasteiger partial charge in [0.1, 0.15) is 11.9 Å². The fourth-order valence-electron chi connectivity index (χ4n) is 1.90. The van der Waals surface area contributed by atoms with Crippen molar-refractivity contribution in [3.63, 3.8) is 0 Å². The van der Waals surface area contributed by atoms with E-state index in [-0.39, 0.29) is 23.1 Å². The van der Waals surface area contributed by atoms with Crippen molar-refractivity contribution in [1.29, 1.82) is 0 Å². The predicted molar refractivity (Wildman–Crippen MR) is 64.3 cm³/mol. The minimum absolute atomic E-state index is 0.0741. The fourth-order valence-corrected chi connectivity index (χ4v) is 1.90. The van der Waals surface area contributed by atoms with Gasteiger partial charge in [0.05, 0.1) is 5.69 Å². The van der Waals surface area contributed by atoms with Crippen molar-refractivity contribution in [3.05, 3.63) is 29.6 Å². The lowest BCUT2D eigenvalue weighted by atomic mass is 10.1. The highest BCUT2D eigenvalue weighted by molar-refractivity contribution is 5.98. The second-order valence-corrected chi connectivity index (χ2v) is 4.20. The molecule has 96 valence electrons. The molecule has 3 N–H and O–H groups in total. The Labute approximate surface area is 104 Å². The summed E-state index contributed by atoms with van der Waals surface area (Å²) in [6.07, 6.45) is 0. The first kappa shape index (κ1) is 12.3. The van der Waals surface area contributed by atoms with Crippen LogP contribution in [0.15, 0.2) is 18.2 Å². The maximum Gasteiger partial charge on any atom is 0.254 e. The van der Waals surface area contributed by atoms with E-state index in [0.717, 1.165) is 6.07 Å². The Hall–Kier alpha value is -2.11. The molecule has 0 spiro atoms. The SMILES string of the molecule is CC1C(=O)NCCN1C(=O)c1ccc(F)c(N)c1. The number of hydrogen-bond acceptors (Lipinski definition) is 3. The molecule has 0 bridgehead atoms. The number of amides is 2. The molecule has 1 saturated heterocycles. The summed E-state index contributed by atoms with van der Waals surface area (Å²) in [5.74, 6) is -1.07. The van der Waals surface area contributed by atoms with Gasteiger partial charge in [-0.05, 0) is 25.1 Å². The number of hydrogen-bond donors (Lipinski definition) is 2. The van der Waals surface area contributed by atoms with E-state index in [1.165, 1.54) is 17.0 Å². The van der Waals surface area contributed by atoms with E-state index in [0.29, 0.717) is 13.1 Å². The van der Waals surface area contributed by atoms with Crippen molar-refractivity contribution in [2.45, 2.75) is 13.0 Å². The first-order valence-corrected chi connectivity index (χ1v) is 5.64. The first-order valence-electron chi connectivity index (χ1n) is 5.64. The van der Waals surface area contributed by atoms with Crippen LogP contribution >= 0.6 is 0 Å². The average molecular weight is 251 g/mol. The molecular formula is C12H14FN3O2. The number of carbonyl (C=O) groups is 2. The molecule has 0 saturated carbocycles. The molecule has 1 aliphatic rings. The molecule has 1 heterocycles. The van der Waals surface area contributed by atoms with Crippen molar-refractivity contribution in [2.75, 3.05) is 18.8 Å². The van der Waals surface area contributed by atoms with E-state index in [1.807, 2.05) is 0 Å². The van der Waals surface area contributed by atoms with Crippen molar-refractivity contribution in [2.24, 2.45) is 0 Å². The topological polar surface area (TPSA) is 75.4 Å². The summed E-state index contributed by atoms with van der Waals surface area (Å²) in [4.78, 5) is 25.1. The van der Waals surface area contributed by atoms with Crippen molar-refractivity contribution < 1.29 is 14.0 Å². The molecule has 1 aromatic rings. The fraction of sp³-hybridized carbons (Fsp3) is 0.333. The van der Waals surface area contributed by atoms with E-state index < -0.39 is 11.9 Å².